The van der Waals surface area contributed by atoms with E-state index >= 15 is 0 Å². The summed E-state index contributed by atoms with van der Waals surface area (Å²) in [4.78, 5) is 11.4. The van der Waals surface area contributed by atoms with E-state index in [1.807, 2.05) is 6.07 Å². The first-order chi connectivity index (χ1) is 10.1. The summed E-state index contributed by atoms with van der Waals surface area (Å²) < 4.78 is 19.1. The minimum absolute atomic E-state index is 0.00255. The molecule has 0 unspecified atom stereocenters. The molecule has 1 amide bonds. The molecule has 0 atom stereocenters. The number of ether oxygens (including phenoxy) is 1. The van der Waals surface area contributed by atoms with Crippen LogP contribution < -0.4 is 16.0 Å². The molecule has 3 N–H and O–H groups in total. The maximum atomic E-state index is 13.6. The van der Waals surface area contributed by atoms with Gasteiger partial charge in [-0.05, 0) is 23.3 Å². The summed E-state index contributed by atoms with van der Waals surface area (Å²) in [5.74, 6) is 4.23. The second kappa shape index (κ2) is 7.06. The van der Waals surface area contributed by atoms with Crippen molar-refractivity contribution in [3.05, 3.63) is 64.4 Å². The van der Waals surface area contributed by atoms with Crippen molar-refractivity contribution in [2.45, 2.75) is 13.0 Å². The molecule has 110 valence electrons. The van der Waals surface area contributed by atoms with Crippen molar-refractivity contribution in [3.8, 4) is 5.75 Å². The average molecular weight is 309 g/mol. The molecular formula is C15H14ClFN2O2. The van der Waals surface area contributed by atoms with Crippen LogP contribution in [0.2, 0.25) is 5.02 Å². The molecule has 2 aromatic carbocycles. The summed E-state index contributed by atoms with van der Waals surface area (Å²) in [7, 11) is 0. The predicted molar refractivity (Wildman–Crippen MR) is 78.2 cm³/mol. The van der Waals surface area contributed by atoms with Gasteiger partial charge in [-0.25, -0.2) is 10.2 Å². The lowest BCUT2D eigenvalue weighted by Gasteiger charge is -2.12. The summed E-state index contributed by atoms with van der Waals surface area (Å²) in [6, 6.07) is 11.5. The Morgan fingerprint density at radius 3 is 2.57 bits per heavy atom. The van der Waals surface area contributed by atoms with E-state index in [1.165, 1.54) is 12.1 Å². The second-order valence-corrected chi connectivity index (χ2v) is 4.76. The number of carbonyl (C=O) groups is 1. The molecule has 0 spiro atoms. The van der Waals surface area contributed by atoms with E-state index in [2.05, 4.69) is 5.43 Å². The molecular weight excluding hydrogens is 295 g/mol. The fraction of sp³-hybridized carbons (Fsp3) is 0.133. The topological polar surface area (TPSA) is 64.3 Å². The summed E-state index contributed by atoms with van der Waals surface area (Å²) in [6.07, 6.45) is 0.126. The SMILES string of the molecule is NNC(=O)Cc1ccccc1COc1c(F)cccc1Cl. The van der Waals surface area contributed by atoms with E-state index in [0.717, 1.165) is 11.1 Å². The quantitative estimate of drug-likeness (QED) is 0.507. The lowest BCUT2D eigenvalue weighted by molar-refractivity contribution is -0.120. The number of para-hydroxylation sites is 1. The number of hydrogen-bond acceptors (Lipinski definition) is 3. The predicted octanol–water partition coefficient (Wildman–Crippen LogP) is 2.59. The molecule has 0 bridgehead atoms. The van der Waals surface area contributed by atoms with Gasteiger partial charge in [0.15, 0.2) is 11.6 Å². The minimum Gasteiger partial charge on any atom is -0.484 e. The number of benzene rings is 2. The van der Waals surface area contributed by atoms with Crippen LogP contribution in [-0.4, -0.2) is 5.91 Å². The van der Waals surface area contributed by atoms with Crippen LogP contribution in [-0.2, 0) is 17.8 Å². The van der Waals surface area contributed by atoms with E-state index in [9.17, 15) is 9.18 Å². The number of carbonyl (C=O) groups excluding carboxylic acids is 1. The third-order valence-corrected chi connectivity index (χ3v) is 3.22. The van der Waals surface area contributed by atoms with Crippen molar-refractivity contribution in [1.82, 2.24) is 5.43 Å². The maximum Gasteiger partial charge on any atom is 0.238 e. The minimum atomic E-state index is -0.528. The molecule has 4 nitrogen and oxygen atoms in total. The molecule has 2 aromatic rings. The zero-order valence-electron chi connectivity index (χ0n) is 11.1. The number of amides is 1. The van der Waals surface area contributed by atoms with Crippen molar-refractivity contribution < 1.29 is 13.9 Å². The van der Waals surface area contributed by atoms with Gasteiger partial charge >= 0.3 is 0 Å². The molecule has 0 heterocycles. The monoisotopic (exact) mass is 308 g/mol. The fourth-order valence-corrected chi connectivity index (χ4v) is 2.08. The summed E-state index contributed by atoms with van der Waals surface area (Å²) in [5, 5.41) is 0.201. The number of rotatable bonds is 5. The molecule has 0 aromatic heterocycles. The normalized spacial score (nSPS) is 10.2. The molecule has 0 fully saturated rings. The molecule has 0 saturated carbocycles. The Hall–Kier alpha value is -2.11. The molecule has 21 heavy (non-hydrogen) atoms. The van der Waals surface area contributed by atoms with Gasteiger partial charge in [0.05, 0.1) is 11.4 Å². The smallest absolute Gasteiger partial charge is 0.238 e. The van der Waals surface area contributed by atoms with Gasteiger partial charge in [-0.15, -0.1) is 0 Å². The van der Waals surface area contributed by atoms with Gasteiger partial charge in [0.2, 0.25) is 5.91 Å². The third-order valence-electron chi connectivity index (χ3n) is 2.92. The van der Waals surface area contributed by atoms with Crippen molar-refractivity contribution in [2.24, 2.45) is 5.84 Å². The number of hydrazine groups is 1. The van der Waals surface area contributed by atoms with E-state index in [0.29, 0.717) is 0 Å². The van der Waals surface area contributed by atoms with Crippen LogP contribution in [0.4, 0.5) is 4.39 Å². The van der Waals surface area contributed by atoms with Crippen LogP contribution in [0, 0.1) is 5.82 Å². The van der Waals surface area contributed by atoms with Gasteiger partial charge in [-0.1, -0.05) is 41.9 Å². The van der Waals surface area contributed by atoms with Crippen LogP contribution >= 0.6 is 11.6 Å². The highest BCUT2D eigenvalue weighted by molar-refractivity contribution is 6.32. The second-order valence-electron chi connectivity index (χ2n) is 4.35. The largest absolute Gasteiger partial charge is 0.484 e. The van der Waals surface area contributed by atoms with Gasteiger partial charge in [0.25, 0.3) is 0 Å². The Kier molecular flexibility index (Phi) is 5.14. The first kappa shape index (κ1) is 15.3. The highest BCUT2D eigenvalue weighted by atomic mass is 35.5. The average Bonchev–Trinajstić information content (AvgIpc) is 2.48. The van der Waals surface area contributed by atoms with Crippen molar-refractivity contribution in [3.63, 3.8) is 0 Å². The van der Waals surface area contributed by atoms with Gasteiger partial charge in [0.1, 0.15) is 6.61 Å². The lowest BCUT2D eigenvalue weighted by atomic mass is 10.1. The number of hydrogen-bond donors (Lipinski definition) is 2. The zero-order chi connectivity index (χ0) is 15.2. The van der Waals surface area contributed by atoms with E-state index < -0.39 is 5.82 Å². The first-order valence-corrected chi connectivity index (χ1v) is 6.62. The molecule has 0 aliphatic carbocycles. The highest BCUT2D eigenvalue weighted by Gasteiger charge is 2.11. The Bertz CT molecular complexity index is 629. The number of nitrogens with one attached hydrogen (secondary N) is 1. The van der Waals surface area contributed by atoms with Crippen LogP contribution in [0.3, 0.4) is 0 Å². The Morgan fingerprint density at radius 1 is 1.19 bits per heavy atom. The first-order valence-electron chi connectivity index (χ1n) is 6.25. The van der Waals surface area contributed by atoms with Crippen molar-refractivity contribution in [2.75, 3.05) is 0 Å². The number of nitrogens with two attached hydrogens (primary N) is 1. The highest BCUT2D eigenvalue weighted by Crippen LogP contribution is 2.28. The van der Waals surface area contributed by atoms with E-state index in [-0.39, 0.29) is 29.7 Å². The van der Waals surface area contributed by atoms with Crippen LogP contribution in [0.1, 0.15) is 11.1 Å². The van der Waals surface area contributed by atoms with Crippen molar-refractivity contribution >= 4 is 17.5 Å². The van der Waals surface area contributed by atoms with Crippen molar-refractivity contribution in [1.29, 1.82) is 0 Å². The van der Waals surface area contributed by atoms with Gasteiger partial charge in [-0.3, -0.25) is 10.2 Å². The maximum absolute atomic E-state index is 13.6. The molecule has 0 radical (unpaired) electrons. The molecule has 0 aliphatic heterocycles. The van der Waals surface area contributed by atoms with Crippen LogP contribution in [0.5, 0.6) is 5.75 Å². The lowest BCUT2D eigenvalue weighted by Crippen LogP contribution is -2.31. The van der Waals surface area contributed by atoms with Gasteiger partial charge in [-0.2, -0.15) is 0 Å². The Labute approximate surface area is 126 Å². The summed E-state index contributed by atoms with van der Waals surface area (Å²) >= 11 is 5.90. The van der Waals surface area contributed by atoms with Crippen LogP contribution in [0.15, 0.2) is 42.5 Å². The molecule has 0 aliphatic rings. The summed E-state index contributed by atoms with van der Waals surface area (Å²) in [6.45, 7) is 0.106. The van der Waals surface area contributed by atoms with E-state index in [4.69, 9.17) is 22.2 Å². The van der Waals surface area contributed by atoms with Gasteiger partial charge < -0.3 is 4.74 Å². The molecule has 2 rings (SSSR count). The Balaban J connectivity index is 2.15. The van der Waals surface area contributed by atoms with Crippen LogP contribution in [0.25, 0.3) is 0 Å². The van der Waals surface area contributed by atoms with E-state index in [1.54, 1.807) is 24.3 Å². The number of halogens is 2. The zero-order valence-corrected chi connectivity index (χ0v) is 11.9. The standard InChI is InChI=1S/C15H14ClFN2O2/c16-12-6-3-7-13(17)15(12)21-9-11-5-2-1-4-10(11)8-14(20)19-18/h1-7H,8-9,18H2,(H,19,20). The summed E-state index contributed by atoms with van der Waals surface area (Å²) in [5.41, 5.74) is 3.59. The Morgan fingerprint density at radius 2 is 1.90 bits per heavy atom. The molecule has 6 heteroatoms. The fourth-order valence-electron chi connectivity index (χ4n) is 1.87. The third kappa shape index (κ3) is 3.93. The molecule has 0 saturated heterocycles. The van der Waals surface area contributed by atoms with Gasteiger partial charge in [0, 0.05) is 0 Å².